The molecule has 0 aromatic heterocycles. The highest BCUT2D eigenvalue weighted by atomic mass is 16.6. The number of hydrogen-bond acceptors (Lipinski definition) is 4. The average Bonchev–Trinajstić information content (AvgIpc) is 2.16. The van der Waals surface area contributed by atoms with Gasteiger partial charge in [0.15, 0.2) is 0 Å². The summed E-state index contributed by atoms with van der Waals surface area (Å²) >= 11 is 0. The summed E-state index contributed by atoms with van der Waals surface area (Å²) in [6.45, 7) is 8.49. The summed E-state index contributed by atoms with van der Waals surface area (Å²) in [4.78, 5) is 11.6. The fourth-order valence-electron chi connectivity index (χ4n) is 1.43. The lowest BCUT2D eigenvalue weighted by Crippen LogP contribution is -2.27. The van der Waals surface area contributed by atoms with Gasteiger partial charge < -0.3 is 14.9 Å². The zero-order valence-corrected chi connectivity index (χ0v) is 11.9. The molecule has 0 aliphatic heterocycles. The summed E-state index contributed by atoms with van der Waals surface area (Å²) in [6.07, 6.45) is -0.640. The van der Waals surface area contributed by atoms with Crippen molar-refractivity contribution in [3.05, 3.63) is 23.8 Å². The Morgan fingerprint density at radius 3 is 2.21 bits per heavy atom. The minimum Gasteiger partial charge on any atom is -0.506 e. The molecule has 5 heteroatoms. The number of ether oxygens (including phenoxy) is 1. The van der Waals surface area contributed by atoms with Crippen LogP contribution in [0.4, 0.5) is 10.5 Å². The first-order valence-electron chi connectivity index (χ1n) is 6.05. The van der Waals surface area contributed by atoms with E-state index in [1.165, 1.54) is 12.1 Å². The van der Waals surface area contributed by atoms with E-state index in [1.54, 1.807) is 40.7 Å². The predicted molar refractivity (Wildman–Crippen MR) is 73.2 cm³/mol. The van der Waals surface area contributed by atoms with Crippen molar-refractivity contribution in [2.45, 2.75) is 45.8 Å². The molecule has 0 radical (unpaired) electrons. The minimum atomic E-state index is -1.05. The topological polar surface area (TPSA) is 78.8 Å². The number of amides is 1. The molecule has 0 aliphatic rings. The first kappa shape index (κ1) is 15.3. The Kier molecular flexibility index (Phi) is 4.10. The van der Waals surface area contributed by atoms with Crippen molar-refractivity contribution >= 4 is 11.8 Å². The summed E-state index contributed by atoms with van der Waals surface area (Å²) < 4.78 is 5.08. The highest BCUT2D eigenvalue weighted by Gasteiger charge is 2.20. The Balaban J connectivity index is 2.84. The van der Waals surface area contributed by atoms with Crippen LogP contribution in [0, 0.1) is 0 Å². The van der Waals surface area contributed by atoms with Crippen molar-refractivity contribution in [1.82, 2.24) is 0 Å². The Morgan fingerprint density at radius 2 is 1.79 bits per heavy atom. The molecule has 0 heterocycles. The highest BCUT2D eigenvalue weighted by molar-refractivity contribution is 5.86. The van der Waals surface area contributed by atoms with E-state index in [0.29, 0.717) is 5.56 Å². The van der Waals surface area contributed by atoms with Crippen molar-refractivity contribution in [2.24, 2.45) is 0 Å². The van der Waals surface area contributed by atoms with Crippen LogP contribution in [0.25, 0.3) is 0 Å². The standard InChI is InChI=1S/C14H21NO4/c1-13(2,3)19-12(17)15-10-7-6-9(8-11(10)16)14(4,5)18/h6-8,16,18H,1-5H3,(H,15,17). The van der Waals surface area contributed by atoms with Crippen LogP contribution in [0.1, 0.15) is 40.2 Å². The maximum Gasteiger partial charge on any atom is 0.412 e. The van der Waals surface area contributed by atoms with E-state index in [4.69, 9.17) is 4.74 Å². The molecule has 0 spiro atoms. The molecular formula is C14H21NO4. The average molecular weight is 267 g/mol. The second kappa shape index (κ2) is 5.09. The minimum absolute atomic E-state index is 0.120. The van der Waals surface area contributed by atoms with Crippen LogP contribution in [0.2, 0.25) is 0 Å². The SMILES string of the molecule is CC(C)(C)OC(=O)Nc1ccc(C(C)(C)O)cc1O. The lowest BCUT2D eigenvalue weighted by atomic mass is 9.98. The van der Waals surface area contributed by atoms with Crippen LogP contribution in [0.5, 0.6) is 5.75 Å². The molecule has 1 amide bonds. The predicted octanol–water partition coefficient (Wildman–Crippen LogP) is 2.97. The molecule has 0 aliphatic carbocycles. The van der Waals surface area contributed by atoms with Gasteiger partial charge in [-0.25, -0.2) is 4.79 Å². The van der Waals surface area contributed by atoms with Gasteiger partial charge in [0, 0.05) is 0 Å². The molecule has 0 atom stereocenters. The fraction of sp³-hybridized carbons (Fsp3) is 0.500. The third-order valence-corrected chi connectivity index (χ3v) is 2.34. The van der Waals surface area contributed by atoms with Crippen LogP contribution in [0.3, 0.4) is 0 Å². The van der Waals surface area contributed by atoms with Gasteiger partial charge in [-0.15, -0.1) is 0 Å². The van der Waals surface area contributed by atoms with Crippen LogP contribution in [0.15, 0.2) is 18.2 Å². The maximum atomic E-state index is 11.6. The zero-order valence-electron chi connectivity index (χ0n) is 11.9. The highest BCUT2D eigenvalue weighted by Crippen LogP contribution is 2.29. The molecule has 1 aromatic rings. The van der Waals surface area contributed by atoms with Gasteiger partial charge in [-0.1, -0.05) is 6.07 Å². The Labute approximate surface area is 113 Å². The summed E-state index contributed by atoms with van der Waals surface area (Å²) in [7, 11) is 0. The first-order valence-corrected chi connectivity index (χ1v) is 6.05. The third kappa shape index (κ3) is 4.79. The Morgan fingerprint density at radius 1 is 1.21 bits per heavy atom. The smallest absolute Gasteiger partial charge is 0.412 e. The quantitative estimate of drug-likeness (QED) is 0.720. The molecule has 19 heavy (non-hydrogen) atoms. The number of aromatic hydroxyl groups is 1. The van der Waals surface area contributed by atoms with Gasteiger partial charge in [0.25, 0.3) is 0 Å². The number of hydrogen-bond donors (Lipinski definition) is 3. The van der Waals surface area contributed by atoms with Gasteiger partial charge >= 0.3 is 6.09 Å². The fourth-order valence-corrected chi connectivity index (χ4v) is 1.43. The largest absolute Gasteiger partial charge is 0.506 e. The van der Waals surface area contributed by atoms with Crippen LogP contribution in [-0.4, -0.2) is 21.9 Å². The van der Waals surface area contributed by atoms with Crippen LogP contribution < -0.4 is 5.32 Å². The van der Waals surface area contributed by atoms with E-state index in [1.807, 2.05) is 0 Å². The summed E-state index contributed by atoms with van der Waals surface area (Å²) in [5.74, 6) is -0.120. The van der Waals surface area contributed by atoms with Crippen LogP contribution in [-0.2, 0) is 10.3 Å². The molecular weight excluding hydrogens is 246 g/mol. The second-order valence-corrected chi connectivity index (χ2v) is 5.92. The number of carbonyl (C=O) groups is 1. The van der Waals surface area contributed by atoms with E-state index < -0.39 is 17.3 Å². The van der Waals surface area contributed by atoms with E-state index >= 15 is 0 Å². The lowest BCUT2D eigenvalue weighted by molar-refractivity contribution is 0.0635. The van der Waals surface area contributed by atoms with Gasteiger partial charge in [-0.05, 0) is 52.3 Å². The summed E-state index contributed by atoms with van der Waals surface area (Å²) in [5.41, 5.74) is -0.865. The second-order valence-electron chi connectivity index (χ2n) is 5.92. The molecule has 0 fully saturated rings. The normalized spacial score (nSPS) is 12.1. The van der Waals surface area contributed by atoms with Crippen molar-refractivity contribution in [3.63, 3.8) is 0 Å². The molecule has 0 unspecified atom stereocenters. The van der Waals surface area contributed by atoms with Crippen molar-refractivity contribution in [2.75, 3.05) is 5.32 Å². The Hall–Kier alpha value is -1.75. The number of benzene rings is 1. The number of anilines is 1. The molecule has 1 aromatic carbocycles. The van der Waals surface area contributed by atoms with Gasteiger partial charge in [-0.2, -0.15) is 0 Å². The summed E-state index contributed by atoms with van der Waals surface area (Å²) in [5, 5.41) is 22.1. The van der Waals surface area contributed by atoms with E-state index in [2.05, 4.69) is 5.32 Å². The molecule has 0 saturated carbocycles. The number of phenolic OH excluding ortho intramolecular Hbond substituents is 1. The molecule has 1 rings (SSSR count). The number of rotatable bonds is 2. The molecule has 5 nitrogen and oxygen atoms in total. The Bertz CT molecular complexity index is 469. The van der Waals surface area contributed by atoms with Gasteiger partial charge in [0.05, 0.1) is 11.3 Å². The lowest BCUT2D eigenvalue weighted by Gasteiger charge is -2.21. The van der Waals surface area contributed by atoms with Crippen molar-refractivity contribution in [1.29, 1.82) is 0 Å². The molecule has 3 N–H and O–H groups in total. The third-order valence-electron chi connectivity index (χ3n) is 2.34. The maximum absolute atomic E-state index is 11.6. The molecule has 0 saturated heterocycles. The van der Waals surface area contributed by atoms with Gasteiger partial charge in [0.2, 0.25) is 0 Å². The first-order chi connectivity index (χ1) is 8.49. The molecule has 106 valence electrons. The number of aliphatic hydroxyl groups is 1. The van der Waals surface area contributed by atoms with E-state index in [9.17, 15) is 15.0 Å². The number of nitrogens with one attached hydrogen (secondary N) is 1. The van der Waals surface area contributed by atoms with E-state index in [0.717, 1.165) is 0 Å². The van der Waals surface area contributed by atoms with Gasteiger partial charge in [0.1, 0.15) is 11.4 Å². The molecule has 0 bridgehead atoms. The van der Waals surface area contributed by atoms with Crippen LogP contribution >= 0.6 is 0 Å². The monoisotopic (exact) mass is 267 g/mol. The van der Waals surface area contributed by atoms with E-state index in [-0.39, 0.29) is 11.4 Å². The van der Waals surface area contributed by atoms with Crippen molar-refractivity contribution < 1.29 is 19.7 Å². The number of phenols is 1. The summed E-state index contributed by atoms with van der Waals surface area (Å²) in [6, 6.07) is 4.56. The van der Waals surface area contributed by atoms with Gasteiger partial charge in [-0.3, -0.25) is 5.32 Å². The van der Waals surface area contributed by atoms with Crippen molar-refractivity contribution in [3.8, 4) is 5.75 Å². The zero-order chi connectivity index (χ0) is 14.8. The number of carbonyl (C=O) groups excluding carboxylic acids is 1.